The van der Waals surface area contributed by atoms with Gasteiger partial charge in [0.2, 0.25) is 0 Å². The molecule has 6 heteroatoms. The second-order valence-electron chi connectivity index (χ2n) is 6.38. The van der Waals surface area contributed by atoms with E-state index in [9.17, 15) is 0 Å². The van der Waals surface area contributed by atoms with Gasteiger partial charge in [0.25, 0.3) is 0 Å². The first kappa shape index (κ1) is 18.5. The van der Waals surface area contributed by atoms with Crippen LogP contribution < -0.4 is 5.32 Å². The average Bonchev–Trinajstić information content (AvgIpc) is 3.23. The summed E-state index contributed by atoms with van der Waals surface area (Å²) in [5.74, 6) is 0.956. The van der Waals surface area contributed by atoms with Crippen molar-refractivity contribution in [1.82, 2.24) is 19.8 Å². The molecule has 138 valence electrons. The molecule has 1 N–H and O–H groups in total. The Balaban J connectivity index is 1.55. The summed E-state index contributed by atoms with van der Waals surface area (Å²) in [6.07, 6.45) is 4.06. The predicted octanol–water partition coefficient (Wildman–Crippen LogP) is 3.66. The van der Waals surface area contributed by atoms with Crippen LogP contribution in [0.5, 0.6) is 0 Å². The number of nitrogens with zero attached hydrogens (tertiary/aromatic N) is 4. The van der Waals surface area contributed by atoms with Crippen molar-refractivity contribution in [2.24, 2.45) is 12.0 Å². The van der Waals surface area contributed by atoms with Gasteiger partial charge in [-0.1, -0.05) is 12.1 Å². The molecule has 0 aliphatic heterocycles. The topological polar surface area (TPSA) is 45.5 Å². The smallest absolute Gasteiger partial charge is 0.194 e. The molecular formula is C20H27N5S. The number of nitrogens with one attached hydrogen (secondary N) is 1. The summed E-state index contributed by atoms with van der Waals surface area (Å²) < 4.78 is 3.41. The van der Waals surface area contributed by atoms with Gasteiger partial charge in [-0.05, 0) is 37.6 Å². The summed E-state index contributed by atoms with van der Waals surface area (Å²) in [5, 5.41) is 4.59. The van der Waals surface area contributed by atoms with Gasteiger partial charge in [-0.3, -0.25) is 4.99 Å². The van der Waals surface area contributed by atoms with Crippen LogP contribution in [0.4, 0.5) is 0 Å². The van der Waals surface area contributed by atoms with E-state index in [1.807, 2.05) is 6.07 Å². The van der Waals surface area contributed by atoms with E-state index >= 15 is 0 Å². The number of benzene rings is 1. The molecule has 3 rings (SSSR count). The highest BCUT2D eigenvalue weighted by Gasteiger charge is 2.08. The fourth-order valence-corrected chi connectivity index (χ4v) is 3.90. The Morgan fingerprint density at radius 3 is 2.85 bits per heavy atom. The third kappa shape index (κ3) is 4.64. The minimum Gasteiger partial charge on any atom is -0.357 e. The van der Waals surface area contributed by atoms with Gasteiger partial charge in [-0.15, -0.1) is 11.3 Å². The van der Waals surface area contributed by atoms with Crippen molar-refractivity contribution in [1.29, 1.82) is 0 Å². The number of thiazole rings is 1. The summed E-state index contributed by atoms with van der Waals surface area (Å²) in [6, 6.07) is 12.5. The second kappa shape index (κ2) is 8.85. The minimum absolute atomic E-state index is 0.801. The van der Waals surface area contributed by atoms with E-state index in [1.165, 1.54) is 15.4 Å². The molecule has 26 heavy (non-hydrogen) atoms. The predicted molar refractivity (Wildman–Crippen MR) is 111 cm³/mol. The summed E-state index contributed by atoms with van der Waals surface area (Å²) in [5.41, 5.74) is 2.37. The van der Waals surface area contributed by atoms with Crippen molar-refractivity contribution in [3.05, 3.63) is 53.3 Å². The van der Waals surface area contributed by atoms with Gasteiger partial charge in [0.05, 0.1) is 21.8 Å². The lowest BCUT2D eigenvalue weighted by Gasteiger charge is -2.22. The molecular weight excluding hydrogens is 342 g/mol. The fourth-order valence-electron chi connectivity index (χ4n) is 2.89. The van der Waals surface area contributed by atoms with E-state index in [0.29, 0.717) is 0 Å². The van der Waals surface area contributed by atoms with Gasteiger partial charge < -0.3 is 14.8 Å². The fraction of sp³-hybridized carbons (Fsp3) is 0.400. The van der Waals surface area contributed by atoms with E-state index in [0.717, 1.165) is 44.0 Å². The van der Waals surface area contributed by atoms with E-state index < -0.39 is 0 Å². The number of hydrogen-bond acceptors (Lipinski definition) is 3. The van der Waals surface area contributed by atoms with Crippen LogP contribution >= 0.6 is 11.3 Å². The van der Waals surface area contributed by atoms with Gasteiger partial charge in [-0.25, -0.2) is 4.98 Å². The van der Waals surface area contributed by atoms with E-state index in [4.69, 9.17) is 9.98 Å². The number of rotatable bonds is 7. The molecule has 0 fully saturated rings. The van der Waals surface area contributed by atoms with Gasteiger partial charge in [0.15, 0.2) is 5.96 Å². The molecule has 2 heterocycles. The van der Waals surface area contributed by atoms with Crippen molar-refractivity contribution in [3.8, 4) is 0 Å². The first-order chi connectivity index (χ1) is 12.7. The zero-order chi connectivity index (χ0) is 18.4. The maximum Gasteiger partial charge on any atom is 0.194 e. The summed E-state index contributed by atoms with van der Waals surface area (Å²) in [7, 11) is 4.16. The van der Waals surface area contributed by atoms with Crippen LogP contribution in [0.25, 0.3) is 10.2 Å². The molecule has 0 saturated carbocycles. The van der Waals surface area contributed by atoms with Crippen molar-refractivity contribution >= 4 is 27.5 Å². The molecule has 0 bridgehead atoms. The normalized spacial score (nSPS) is 11.9. The Morgan fingerprint density at radius 2 is 2.12 bits per heavy atom. The quantitative estimate of drug-likeness (QED) is 0.393. The zero-order valence-electron chi connectivity index (χ0n) is 15.8. The van der Waals surface area contributed by atoms with Crippen LogP contribution in [0.15, 0.2) is 47.6 Å². The van der Waals surface area contributed by atoms with E-state index in [2.05, 4.69) is 72.3 Å². The van der Waals surface area contributed by atoms with Crippen molar-refractivity contribution in [2.75, 3.05) is 20.1 Å². The van der Waals surface area contributed by atoms with Crippen LogP contribution in [0, 0.1) is 0 Å². The number of hydrogen-bond donors (Lipinski definition) is 1. The third-order valence-electron chi connectivity index (χ3n) is 4.30. The Labute approximate surface area is 159 Å². The molecule has 0 spiro atoms. The number of aliphatic imine (C=N–C) groups is 1. The average molecular weight is 370 g/mol. The first-order valence-electron chi connectivity index (χ1n) is 9.11. The van der Waals surface area contributed by atoms with Crippen LogP contribution in [0.2, 0.25) is 0 Å². The minimum atomic E-state index is 0.801. The summed E-state index contributed by atoms with van der Waals surface area (Å²) in [4.78, 5) is 11.7. The standard InChI is InChI=1S/C20H27N5S/c1-4-21-20(25(3)15-16-9-8-14-24(16)2)22-13-7-12-19-23-17-10-5-6-11-18(17)26-19/h5-6,8-11,14H,4,7,12-13,15H2,1-3H3,(H,21,22). The lowest BCUT2D eigenvalue weighted by molar-refractivity contribution is 0.461. The highest BCUT2D eigenvalue weighted by atomic mass is 32.1. The Kier molecular flexibility index (Phi) is 6.28. The zero-order valence-corrected chi connectivity index (χ0v) is 16.6. The molecule has 0 radical (unpaired) electrons. The van der Waals surface area contributed by atoms with E-state index in [-0.39, 0.29) is 0 Å². The molecule has 0 atom stereocenters. The Morgan fingerprint density at radius 1 is 1.27 bits per heavy atom. The summed E-state index contributed by atoms with van der Waals surface area (Å²) >= 11 is 1.79. The second-order valence-corrected chi connectivity index (χ2v) is 7.50. The maximum atomic E-state index is 4.79. The number of para-hydroxylation sites is 1. The lowest BCUT2D eigenvalue weighted by Crippen LogP contribution is -2.38. The summed E-state index contributed by atoms with van der Waals surface area (Å²) in [6.45, 7) is 4.62. The Bertz CT molecular complexity index is 831. The SMILES string of the molecule is CCNC(=NCCCc1nc2ccccc2s1)N(C)Cc1cccn1C. The molecule has 2 aromatic heterocycles. The van der Waals surface area contributed by atoms with Crippen LogP contribution in [0.1, 0.15) is 24.0 Å². The van der Waals surface area contributed by atoms with Gasteiger partial charge in [0.1, 0.15) is 0 Å². The molecule has 0 amide bonds. The maximum absolute atomic E-state index is 4.79. The van der Waals surface area contributed by atoms with Crippen molar-refractivity contribution < 1.29 is 0 Å². The Hall–Kier alpha value is -2.34. The van der Waals surface area contributed by atoms with Gasteiger partial charge >= 0.3 is 0 Å². The molecule has 3 aromatic rings. The molecule has 0 aliphatic carbocycles. The van der Waals surface area contributed by atoms with E-state index in [1.54, 1.807) is 11.3 Å². The third-order valence-corrected chi connectivity index (χ3v) is 5.39. The number of fused-ring (bicyclic) bond motifs is 1. The molecule has 5 nitrogen and oxygen atoms in total. The van der Waals surface area contributed by atoms with Crippen LogP contribution in [-0.2, 0) is 20.0 Å². The molecule has 0 saturated heterocycles. The van der Waals surface area contributed by atoms with Crippen molar-refractivity contribution in [3.63, 3.8) is 0 Å². The number of guanidine groups is 1. The van der Waals surface area contributed by atoms with Gasteiger partial charge in [0, 0.05) is 45.5 Å². The highest BCUT2D eigenvalue weighted by molar-refractivity contribution is 7.18. The monoisotopic (exact) mass is 369 g/mol. The molecule has 0 aliphatic rings. The number of aryl methyl sites for hydroxylation is 2. The van der Waals surface area contributed by atoms with Crippen LogP contribution in [-0.4, -0.2) is 40.5 Å². The van der Waals surface area contributed by atoms with Gasteiger partial charge in [-0.2, -0.15) is 0 Å². The van der Waals surface area contributed by atoms with Crippen molar-refractivity contribution in [2.45, 2.75) is 26.3 Å². The molecule has 1 aromatic carbocycles. The first-order valence-corrected chi connectivity index (χ1v) is 9.93. The lowest BCUT2D eigenvalue weighted by atomic mass is 10.3. The van der Waals surface area contributed by atoms with Crippen LogP contribution in [0.3, 0.4) is 0 Å². The highest BCUT2D eigenvalue weighted by Crippen LogP contribution is 2.22. The largest absolute Gasteiger partial charge is 0.357 e. The number of aromatic nitrogens is 2. The molecule has 0 unspecified atom stereocenters.